The highest BCUT2D eigenvalue weighted by molar-refractivity contribution is 5.86. The Labute approximate surface area is 177 Å². The number of methoxy groups -OCH3 is 1. The molecule has 0 amide bonds. The molecule has 3 atom stereocenters. The summed E-state index contributed by atoms with van der Waals surface area (Å²) in [7, 11) is 1.38. The Morgan fingerprint density at radius 1 is 1.33 bits per heavy atom. The first kappa shape index (κ1) is 20.9. The summed E-state index contributed by atoms with van der Waals surface area (Å²) in [6.07, 6.45) is 6.40. The van der Waals surface area contributed by atoms with Crippen LogP contribution in [0, 0.1) is 5.41 Å². The van der Waals surface area contributed by atoms with Crippen LogP contribution >= 0.6 is 0 Å². The fraction of sp³-hybridized carbons (Fsp3) is 0.542. The summed E-state index contributed by atoms with van der Waals surface area (Å²) >= 11 is 0. The molecule has 0 saturated heterocycles. The van der Waals surface area contributed by atoms with Crippen LogP contribution in [0.5, 0.6) is 0 Å². The lowest BCUT2D eigenvalue weighted by molar-refractivity contribution is -0.135. The fourth-order valence-corrected chi connectivity index (χ4v) is 5.63. The highest BCUT2D eigenvalue weighted by atomic mass is 16.5. The van der Waals surface area contributed by atoms with Crippen molar-refractivity contribution >= 4 is 16.9 Å². The molecule has 30 heavy (non-hydrogen) atoms. The van der Waals surface area contributed by atoms with Crippen molar-refractivity contribution in [3.63, 3.8) is 0 Å². The van der Waals surface area contributed by atoms with Gasteiger partial charge in [-0.15, -0.1) is 0 Å². The first-order valence-corrected chi connectivity index (χ1v) is 10.9. The molecule has 1 aromatic carbocycles. The van der Waals surface area contributed by atoms with Gasteiger partial charge in [0.1, 0.15) is 11.8 Å². The number of aliphatic hydroxyl groups is 2. The van der Waals surface area contributed by atoms with Crippen LogP contribution in [0.1, 0.15) is 56.9 Å². The van der Waals surface area contributed by atoms with E-state index in [9.17, 15) is 15.0 Å². The number of carbonyl (C=O) groups excluding carboxylic acids is 1. The molecular formula is C24H32N2O4. The molecule has 162 valence electrons. The van der Waals surface area contributed by atoms with Gasteiger partial charge in [-0.25, -0.2) is 4.79 Å². The predicted molar refractivity (Wildman–Crippen MR) is 116 cm³/mol. The van der Waals surface area contributed by atoms with E-state index in [-0.39, 0.29) is 11.4 Å². The molecule has 1 aromatic heterocycles. The van der Waals surface area contributed by atoms with Gasteiger partial charge in [-0.05, 0) is 44.2 Å². The molecule has 3 heterocycles. The second-order valence-electron chi connectivity index (χ2n) is 8.96. The van der Waals surface area contributed by atoms with Gasteiger partial charge in [-0.3, -0.25) is 0 Å². The molecule has 2 N–H and O–H groups in total. The average molecular weight is 413 g/mol. The van der Waals surface area contributed by atoms with E-state index in [1.807, 2.05) is 35.9 Å². The molecule has 4 rings (SSSR count). The van der Waals surface area contributed by atoms with Gasteiger partial charge < -0.3 is 24.4 Å². The summed E-state index contributed by atoms with van der Waals surface area (Å²) in [5.74, 6) is -0.361. The van der Waals surface area contributed by atoms with E-state index < -0.39 is 11.8 Å². The monoisotopic (exact) mass is 412 g/mol. The van der Waals surface area contributed by atoms with E-state index >= 15 is 0 Å². The van der Waals surface area contributed by atoms with Crippen LogP contribution in [0.3, 0.4) is 0 Å². The average Bonchev–Trinajstić information content (AvgIpc) is 3.08. The Balaban J connectivity index is 1.86. The van der Waals surface area contributed by atoms with Crippen LogP contribution in [0.4, 0.5) is 0 Å². The second kappa shape index (κ2) is 7.75. The Kier molecular flexibility index (Phi) is 5.41. The number of fused-ring (bicyclic) bond motifs is 4. The quantitative estimate of drug-likeness (QED) is 0.597. The third-order valence-electron chi connectivity index (χ3n) is 7.12. The number of ether oxygens (including phenoxy) is 1. The summed E-state index contributed by atoms with van der Waals surface area (Å²) in [4.78, 5) is 13.7. The number of carbonyl (C=O) groups is 1. The smallest absolute Gasteiger partial charge is 0.331 e. The Morgan fingerprint density at radius 2 is 2.10 bits per heavy atom. The number of para-hydroxylation sites is 1. The van der Waals surface area contributed by atoms with Gasteiger partial charge >= 0.3 is 5.97 Å². The lowest BCUT2D eigenvalue weighted by Gasteiger charge is -2.49. The number of hydrogen-bond donors (Lipinski definition) is 2. The summed E-state index contributed by atoms with van der Waals surface area (Å²) in [6.45, 7) is 5.50. The molecule has 0 radical (unpaired) electrons. The fourth-order valence-electron chi connectivity index (χ4n) is 5.63. The van der Waals surface area contributed by atoms with Gasteiger partial charge in [0.15, 0.2) is 0 Å². The first-order valence-electron chi connectivity index (χ1n) is 10.9. The first-order chi connectivity index (χ1) is 14.3. The molecule has 2 aliphatic heterocycles. The summed E-state index contributed by atoms with van der Waals surface area (Å²) in [5, 5.41) is 24.2. The van der Waals surface area contributed by atoms with Crippen molar-refractivity contribution < 1.29 is 19.7 Å². The maximum absolute atomic E-state index is 11.6. The van der Waals surface area contributed by atoms with Crippen molar-refractivity contribution in [1.82, 2.24) is 9.47 Å². The maximum Gasteiger partial charge on any atom is 0.331 e. The topological polar surface area (TPSA) is 74.9 Å². The van der Waals surface area contributed by atoms with E-state index in [1.54, 1.807) is 0 Å². The minimum absolute atomic E-state index is 0.361. The number of rotatable bonds is 3. The maximum atomic E-state index is 11.6. The number of hydrogen-bond acceptors (Lipinski definition) is 5. The molecular weight excluding hydrogens is 380 g/mol. The van der Waals surface area contributed by atoms with Crippen LogP contribution in [0.15, 0.2) is 36.5 Å². The number of aromatic nitrogens is 1. The molecule has 3 unspecified atom stereocenters. The Morgan fingerprint density at radius 3 is 2.83 bits per heavy atom. The van der Waals surface area contributed by atoms with Crippen molar-refractivity contribution in [2.45, 2.75) is 57.8 Å². The van der Waals surface area contributed by atoms with E-state index in [0.29, 0.717) is 6.42 Å². The van der Waals surface area contributed by atoms with Gasteiger partial charge in [0.2, 0.25) is 0 Å². The Bertz CT molecular complexity index is 977. The number of benzene rings is 1. The molecule has 6 nitrogen and oxygen atoms in total. The lowest BCUT2D eigenvalue weighted by atomic mass is 9.66. The molecule has 6 heteroatoms. The van der Waals surface area contributed by atoms with Crippen LogP contribution < -0.4 is 0 Å². The molecule has 0 fully saturated rings. The van der Waals surface area contributed by atoms with Crippen LogP contribution in [0.2, 0.25) is 0 Å². The Hall–Kier alpha value is -2.31. The number of nitrogens with zero attached hydrogens (tertiary/aromatic N) is 2. The van der Waals surface area contributed by atoms with Gasteiger partial charge in [0, 0.05) is 42.6 Å². The minimum Gasteiger partial charge on any atom is -0.466 e. The highest BCUT2D eigenvalue weighted by Gasteiger charge is 2.51. The van der Waals surface area contributed by atoms with Gasteiger partial charge in [-0.1, -0.05) is 25.1 Å². The van der Waals surface area contributed by atoms with Crippen molar-refractivity contribution in [2.75, 3.05) is 20.2 Å². The van der Waals surface area contributed by atoms with Crippen molar-refractivity contribution in [3.05, 3.63) is 47.8 Å². The van der Waals surface area contributed by atoms with Crippen LogP contribution in [0.25, 0.3) is 10.9 Å². The van der Waals surface area contributed by atoms with Crippen LogP contribution in [-0.4, -0.2) is 45.8 Å². The standard InChI is InChI=1S/C24H32N2O4/c1-4-24-12-7-13-25(15-11-20(27)30-3)14-10-18-17-8-5-6-9-19(17)26(21(18)22(24)28)23(2,29)16-24/h5-6,8-9,11,15,22,28-29H,4,7,10,12-14,16H2,1-3H3/b15-11+. The van der Waals surface area contributed by atoms with Crippen molar-refractivity contribution in [3.8, 4) is 0 Å². The summed E-state index contributed by atoms with van der Waals surface area (Å²) in [6, 6.07) is 8.09. The summed E-state index contributed by atoms with van der Waals surface area (Å²) in [5.41, 5.74) is 1.48. The van der Waals surface area contributed by atoms with Crippen molar-refractivity contribution in [1.29, 1.82) is 0 Å². The molecule has 2 aromatic rings. The van der Waals surface area contributed by atoms with Gasteiger partial charge in [-0.2, -0.15) is 0 Å². The third kappa shape index (κ3) is 3.32. The molecule has 2 aliphatic rings. The summed E-state index contributed by atoms with van der Waals surface area (Å²) < 4.78 is 6.70. The zero-order valence-electron chi connectivity index (χ0n) is 18.1. The number of aliphatic hydroxyl groups excluding tert-OH is 1. The SMILES string of the molecule is CCC12CCCN(/C=C/C(=O)OC)CCc3c(n(c4ccccc34)C(C)(O)C1)C2O. The molecule has 2 bridgehead atoms. The third-order valence-corrected chi connectivity index (χ3v) is 7.12. The molecule has 0 saturated carbocycles. The zero-order chi connectivity index (χ0) is 21.5. The van der Waals surface area contributed by atoms with Crippen LogP contribution in [-0.2, 0) is 21.7 Å². The minimum atomic E-state index is -1.05. The van der Waals surface area contributed by atoms with Gasteiger partial charge in [0.25, 0.3) is 0 Å². The molecule has 0 aliphatic carbocycles. The second-order valence-corrected chi connectivity index (χ2v) is 8.96. The number of esters is 1. The van der Waals surface area contributed by atoms with E-state index in [0.717, 1.165) is 60.9 Å². The lowest BCUT2D eigenvalue weighted by Crippen LogP contribution is -2.48. The van der Waals surface area contributed by atoms with E-state index in [1.165, 1.54) is 13.2 Å². The molecule has 0 spiro atoms. The largest absolute Gasteiger partial charge is 0.466 e. The van der Waals surface area contributed by atoms with E-state index in [2.05, 4.69) is 17.9 Å². The zero-order valence-corrected chi connectivity index (χ0v) is 18.1. The van der Waals surface area contributed by atoms with Gasteiger partial charge in [0.05, 0.1) is 18.3 Å². The predicted octanol–water partition coefficient (Wildman–Crippen LogP) is 3.46. The van der Waals surface area contributed by atoms with E-state index in [4.69, 9.17) is 4.74 Å². The van der Waals surface area contributed by atoms with Crippen molar-refractivity contribution in [2.24, 2.45) is 5.41 Å². The highest BCUT2D eigenvalue weighted by Crippen LogP contribution is 2.55. The normalized spacial score (nSPS) is 29.4.